The third-order valence-corrected chi connectivity index (χ3v) is 5.53. The minimum absolute atomic E-state index is 0.0379. The van der Waals surface area contributed by atoms with Crippen molar-refractivity contribution in [3.63, 3.8) is 0 Å². The van der Waals surface area contributed by atoms with Crippen LogP contribution in [0.3, 0.4) is 0 Å². The van der Waals surface area contributed by atoms with Crippen LogP contribution in [0.2, 0.25) is 0 Å². The van der Waals surface area contributed by atoms with Crippen LogP contribution in [0.1, 0.15) is 32.0 Å². The van der Waals surface area contributed by atoms with Gasteiger partial charge < -0.3 is 9.47 Å². The second-order valence-electron chi connectivity index (χ2n) is 8.42. The fraction of sp³-hybridized carbons (Fsp3) is 0.222. The third kappa shape index (κ3) is 4.96. The molecule has 0 spiro atoms. The molecule has 0 aliphatic rings. The predicted molar refractivity (Wildman–Crippen MR) is 134 cm³/mol. The Bertz CT molecular complexity index is 1430. The van der Waals surface area contributed by atoms with E-state index in [2.05, 4.69) is 67.8 Å². The fourth-order valence-electron chi connectivity index (χ4n) is 3.86. The number of rotatable bonds is 8. The lowest BCUT2D eigenvalue weighted by Crippen LogP contribution is -2.07. The van der Waals surface area contributed by atoms with E-state index in [4.69, 9.17) is 9.47 Å². The van der Waals surface area contributed by atoms with Crippen molar-refractivity contribution in [3.05, 3.63) is 78.0 Å². The van der Waals surface area contributed by atoms with Crippen LogP contribution in [-0.2, 0) is 13.0 Å². The van der Waals surface area contributed by atoms with Gasteiger partial charge in [-0.3, -0.25) is 4.98 Å². The lowest BCUT2D eigenvalue weighted by Gasteiger charge is -2.13. The average molecular weight is 467 g/mol. The summed E-state index contributed by atoms with van der Waals surface area (Å²) < 4.78 is 12.0. The molecule has 35 heavy (non-hydrogen) atoms. The number of nitrogens with one attached hydrogen (secondary N) is 1. The summed E-state index contributed by atoms with van der Waals surface area (Å²) in [7, 11) is 0. The van der Waals surface area contributed by atoms with Crippen molar-refractivity contribution in [2.45, 2.75) is 39.9 Å². The first kappa shape index (κ1) is 22.5. The van der Waals surface area contributed by atoms with E-state index in [1.165, 1.54) is 0 Å². The quantitative estimate of drug-likeness (QED) is 0.327. The van der Waals surface area contributed by atoms with Crippen molar-refractivity contribution in [1.82, 2.24) is 30.6 Å². The maximum absolute atomic E-state index is 6.25. The summed E-state index contributed by atoms with van der Waals surface area (Å²) in [6, 6.07) is 22.0. The molecule has 8 heteroatoms. The highest BCUT2D eigenvalue weighted by molar-refractivity contribution is 5.82. The smallest absolute Gasteiger partial charge is 0.214 e. The van der Waals surface area contributed by atoms with E-state index in [-0.39, 0.29) is 6.10 Å². The first-order valence-corrected chi connectivity index (χ1v) is 11.6. The number of hydrogen-bond acceptors (Lipinski definition) is 7. The van der Waals surface area contributed by atoms with Crippen LogP contribution in [0, 0.1) is 0 Å². The Kier molecular flexibility index (Phi) is 6.34. The number of nitrogens with zero attached hydrogens (tertiary/aromatic N) is 5. The molecular weight excluding hydrogens is 440 g/mol. The molecule has 0 amide bonds. The molecule has 0 atom stereocenters. The summed E-state index contributed by atoms with van der Waals surface area (Å²) in [6.45, 7) is 6.44. The van der Waals surface area contributed by atoms with Gasteiger partial charge in [0.1, 0.15) is 17.9 Å². The van der Waals surface area contributed by atoms with Gasteiger partial charge in [-0.25, -0.2) is 4.98 Å². The Morgan fingerprint density at radius 1 is 0.914 bits per heavy atom. The number of hydrogen-bond donors (Lipinski definition) is 1. The number of aromatic nitrogens is 6. The highest BCUT2D eigenvalue weighted by Crippen LogP contribution is 2.31. The molecule has 3 aromatic heterocycles. The van der Waals surface area contributed by atoms with Gasteiger partial charge in [-0.2, -0.15) is 5.21 Å². The molecule has 5 aromatic rings. The van der Waals surface area contributed by atoms with Gasteiger partial charge in [0.2, 0.25) is 11.7 Å². The van der Waals surface area contributed by atoms with Gasteiger partial charge in [0, 0.05) is 23.4 Å². The summed E-state index contributed by atoms with van der Waals surface area (Å²) in [4.78, 5) is 9.35. The standard InChI is InChI=1S/C27H26N6O2/c1-4-20-15-24(26-23(28-20)13-14-25(29-26)35-17(2)3)34-16-18-9-11-19(12-10-18)21-7-5-6-8-22(21)27-30-32-33-31-27/h5-15,17H,4,16H2,1-3H3,(H,30,31,32,33). The number of H-pyrrole nitrogens is 1. The zero-order chi connectivity index (χ0) is 24.2. The molecule has 0 bridgehead atoms. The SMILES string of the molecule is CCc1cc(OCc2ccc(-c3ccccc3-c3nn[nH]n3)cc2)c2nc(OC(C)C)ccc2n1. The molecule has 0 saturated carbocycles. The van der Waals surface area contributed by atoms with Gasteiger partial charge in [-0.15, -0.1) is 10.2 Å². The van der Waals surface area contributed by atoms with E-state index in [1.54, 1.807) is 0 Å². The molecule has 1 N–H and O–H groups in total. The number of tetrazole rings is 1. The Labute approximate surface area is 203 Å². The molecule has 2 aromatic carbocycles. The molecule has 0 aliphatic carbocycles. The van der Waals surface area contributed by atoms with Gasteiger partial charge in [0.05, 0.1) is 11.6 Å². The zero-order valence-corrected chi connectivity index (χ0v) is 19.9. The van der Waals surface area contributed by atoms with Crippen LogP contribution in [0.4, 0.5) is 0 Å². The Hall–Kier alpha value is -4.33. The highest BCUT2D eigenvalue weighted by Gasteiger charge is 2.13. The van der Waals surface area contributed by atoms with E-state index in [9.17, 15) is 0 Å². The minimum Gasteiger partial charge on any atom is -0.486 e. The summed E-state index contributed by atoms with van der Waals surface area (Å²) in [5.41, 5.74) is 6.52. The zero-order valence-electron chi connectivity index (χ0n) is 19.9. The number of aromatic amines is 1. The molecular formula is C27H26N6O2. The number of pyridine rings is 2. The molecule has 0 saturated heterocycles. The number of benzene rings is 2. The van der Waals surface area contributed by atoms with Gasteiger partial charge in [0.15, 0.2) is 0 Å². The van der Waals surface area contributed by atoms with Crippen molar-refractivity contribution in [2.75, 3.05) is 0 Å². The normalized spacial score (nSPS) is 11.2. The van der Waals surface area contributed by atoms with Crippen LogP contribution < -0.4 is 9.47 Å². The highest BCUT2D eigenvalue weighted by atomic mass is 16.5. The maximum atomic E-state index is 6.25. The van der Waals surface area contributed by atoms with Crippen LogP contribution in [0.5, 0.6) is 11.6 Å². The molecule has 176 valence electrons. The topological polar surface area (TPSA) is 98.7 Å². The van der Waals surface area contributed by atoms with E-state index in [1.807, 2.05) is 50.2 Å². The van der Waals surface area contributed by atoms with Crippen molar-refractivity contribution >= 4 is 11.0 Å². The molecule has 8 nitrogen and oxygen atoms in total. The van der Waals surface area contributed by atoms with Gasteiger partial charge in [-0.1, -0.05) is 55.5 Å². The van der Waals surface area contributed by atoms with Crippen LogP contribution in [0.15, 0.2) is 66.7 Å². The first-order valence-electron chi connectivity index (χ1n) is 11.6. The second kappa shape index (κ2) is 9.89. The maximum Gasteiger partial charge on any atom is 0.214 e. The monoisotopic (exact) mass is 466 g/mol. The minimum atomic E-state index is 0.0379. The molecule has 0 unspecified atom stereocenters. The molecule has 0 aliphatic heterocycles. The van der Waals surface area contributed by atoms with Crippen molar-refractivity contribution in [2.24, 2.45) is 0 Å². The third-order valence-electron chi connectivity index (χ3n) is 5.53. The number of ether oxygens (including phenoxy) is 2. The van der Waals surface area contributed by atoms with E-state index in [0.717, 1.165) is 39.9 Å². The summed E-state index contributed by atoms with van der Waals surface area (Å²) in [5, 5.41) is 14.5. The number of fused-ring (bicyclic) bond motifs is 1. The molecule has 0 radical (unpaired) electrons. The molecule has 3 heterocycles. The van der Waals surface area contributed by atoms with E-state index < -0.39 is 0 Å². The average Bonchev–Trinajstić information content (AvgIpc) is 3.42. The van der Waals surface area contributed by atoms with Crippen LogP contribution in [0.25, 0.3) is 33.5 Å². The van der Waals surface area contributed by atoms with Crippen LogP contribution >= 0.6 is 0 Å². The van der Waals surface area contributed by atoms with E-state index >= 15 is 0 Å². The first-order chi connectivity index (χ1) is 17.1. The predicted octanol–water partition coefficient (Wildman–Crippen LogP) is 5.41. The molecule has 5 rings (SSSR count). The van der Waals surface area contributed by atoms with E-state index in [0.29, 0.717) is 29.6 Å². The Balaban J connectivity index is 1.39. The summed E-state index contributed by atoms with van der Waals surface area (Å²) in [5.74, 6) is 1.83. The largest absolute Gasteiger partial charge is 0.486 e. The lowest BCUT2D eigenvalue weighted by atomic mass is 9.98. The second-order valence-corrected chi connectivity index (χ2v) is 8.42. The van der Waals surface area contributed by atoms with Gasteiger partial charge in [-0.05, 0) is 48.2 Å². The van der Waals surface area contributed by atoms with Gasteiger partial charge >= 0.3 is 0 Å². The Morgan fingerprint density at radius 2 is 1.71 bits per heavy atom. The van der Waals surface area contributed by atoms with Crippen LogP contribution in [-0.4, -0.2) is 36.7 Å². The Morgan fingerprint density at radius 3 is 2.43 bits per heavy atom. The summed E-state index contributed by atoms with van der Waals surface area (Å²) >= 11 is 0. The molecule has 0 fully saturated rings. The van der Waals surface area contributed by atoms with Gasteiger partial charge in [0.25, 0.3) is 0 Å². The number of aryl methyl sites for hydroxylation is 1. The fourth-order valence-corrected chi connectivity index (χ4v) is 3.86. The summed E-state index contributed by atoms with van der Waals surface area (Å²) in [6.07, 6.45) is 0.848. The lowest BCUT2D eigenvalue weighted by molar-refractivity contribution is 0.233. The van der Waals surface area contributed by atoms with Crippen molar-refractivity contribution < 1.29 is 9.47 Å². The van der Waals surface area contributed by atoms with Crippen molar-refractivity contribution in [3.8, 4) is 34.1 Å². The van der Waals surface area contributed by atoms with Crippen molar-refractivity contribution in [1.29, 1.82) is 0 Å².